The van der Waals surface area contributed by atoms with E-state index in [0.717, 1.165) is 24.2 Å². The molecule has 258 valence electrons. The molecule has 5 aromatic carbocycles. The van der Waals surface area contributed by atoms with Crippen molar-refractivity contribution in [2.75, 3.05) is 11.9 Å². The fraction of sp³-hybridized carbons (Fsp3) is 0.163. The van der Waals surface area contributed by atoms with Gasteiger partial charge in [-0.15, -0.1) is 0 Å². The molecule has 0 heterocycles. The van der Waals surface area contributed by atoms with Crippen LogP contribution in [0.5, 0.6) is 0 Å². The summed E-state index contributed by atoms with van der Waals surface area (Å²) in [6, 6.07) is 45.5. The Hall–Kier alpha value is -5.73. The number of allylic oxidation sites excluding steroid dienone is 6. The third-order valence-electron chi connectivity index (χ3n) is 8.80. The Balaban J connectivity index is 0.000000301. The lowest BCUT2D eigenvalue weighted by molar-refractivity contribution is 0.791. The van der Waals surface area contributed by atoms with Crippen LogP contribution >= 0.6 is 0 Å². The van der Waals surface area contributed by atoms with Crippen molar-refractivity contribution in [2.45, 2.75) is 47.0 Å². The molecule has 0 saturated heterocycles. The standard InChI is InChI=1S/C34H35N.C13H12.C2H5N/c1-5-9-15-25(7-3)24-35-29-19-13-18-27(22-29)28-20-21-31-30(8-4)32(14-6-2)34(33(31)23-28)26-16-11-10-12-17-26;1-11-7-9-13(10-8-11)12-5-3-2-4-6-12;1-2-3/h5-7,9-23,30,35H,3,8,24H2,1-2,4H3;2-10H,1H3;2-3H,1H3/b9-5-,14-6-,25-15+;;. The Kier molecular flexibility index (Phi) is 15.0. The van der Waals surface area contributed by atoms with Crippen molar-refractivity contribution < 1.29 is 0 Å². The molecule has 2 heteroatoms. The van der Waals surface area contributed by atoms with Crippen molar-refractivity contribution in [1.29, 1.82) is 5.41 Å². The zero-order chi connectivity index (χ0) is 36.4. The van der Waals surface area contributed by atoms with E-state index in [1.165, 1.54) is 61.9 Å². The molecule has 0 aromatic heterocycles. The second kappa shape index (κ2) is 20.1. The molecule has 2 N–H and O–H groups in total. The minimum atomic E-state index is 0.430. The van der Waals surface area contributed by atoms with E-state index in [-0.39, 0.29) is 0 Å². The smallest absolute Gasteiger partial charge is 0.0400 e. The van der Waals surface area contributed by atoms with Gasteiger partial charge in [0.25, 0.3) is 0 Å². The topological polar surface area (TPSA) is 35.9 Å². The summed E-state index contributed by atoms with van der Waals surface area (Å²) in [7, 11) is 0. The summed E-state index contributed by atoms with van der Waals surface area (Å²) in [5, 5.41) is 9.63. The second-order valence-corrected chi connectivity index (χ2v) is 12.4. The molecule has 2 nitrogen and oxygen atoms in total. The number of benzene rings is 5. The summed E-state index contributed by atoms with van der Waals surface area (Å²) >= 11 is 0. The minimum absolute atomic E-state index is 0.430. The molecule has 0 saturated carbocycles. The van der Waals surface area contributed by atoms with Crippen LogP contribution < -0.4 is 5.32 Å². The summed E-state index contributed by atoms with van der Waals surface area (Å²) in [6.07, 6.45) is 14.9. The Morgan fingerprint density at radius 2 is 1.29 bits per heavy atom. The summed E-state index contributed by atoms with van der Waals surface area (Å²) in [5.41, 5.74) is 15.5. The fourth-order valence-corrected chi connectivity index (χ4v) is 6.31. The highest BCUT2D eigenvalue weighted by Gasteiger charge is 2.29. The Bertz CT molecular complexity index is 1970. The van der Waals surface area contributed by atoms with Gasteiger partial charge in [0.05, 0.1) is 0 Å². The first kappa shape index (κ1) is 38.1. The van der Waals surface area contributed by atoms with Gasteiger partial charge < -0.3 is 10.7 Å². The van der Waals surface area contributed by atoms with Crippen molar-refractivity contribution in [3.8, 4) is 22.3 Å². The molecule has 0 radical (unpaired) electrons. The van der Waals surface area contributed by atoms with E-state index < -0.39 is 0 Å². The third-order valence-corrected chi connectivity index (χ3v) is 8.80. The third kappa shape index (κ3) is 10.4. The van der Waals surface area contributed by atoms with Gasteiger partial charge >= 0.3 is 0 Å². The fourth-order valence-electron chi connectivity index (χ4n) is 6.31. The van der Waals surface area contributed by atoms with Gasteiger partial charge in [0, 0.05) is 18.2 Å². The van der Waals surface area contributed by atoms with Gasteiger partial charge in [-0.2, -0.15) is 0 Å². The molecule has 0 fully saturated rings. The van der Waals surface area contributed by atoms with Crippen LogP contribution in [-0.2, 0) is 0 Å². The Labute approximate surface area is 306 Å². The zero-order valence-electron chi connectivity index (χ0n) is 30.9. The van der Waals surface area contributed by atoms with E-state index in [4.69, 9.17) is 5.41 Å². The molecule has 1 aliphatic carbocycles. The van der Waals surface area contributed by atoms with Gasteiger partial charge in [-0.1, -0.05) is 165 Å². The monoisotopic (exact) mass is 668 g/mol. The van der Waals surface area contributed by atoms with Crippen LogP contribution in [0.25, 0.3) is 27.8 Å². The molecule has 5 aromatic rings. The van der Waals surface area contributed by atoms with Crippen LogP contribution in [-0.4, -0.2) is 12.8 Å². The van der Waals surface area contributed by atoms with Crippen molar-refractivity contribution >= 4 is 17.5 Å². The van der Waals surface area contributed by atoms with E-state index in [9.17, 15) is 0 Å². The highest BCUT2D eigenvalue weighted by atomic mass is 14.9. The van der Waals surface area contributed by atoms with E-state index in [1.807, 2.05) is 31.2 Å². The van der Waals surface area contributed by atoms with E-state index in [0.29, 0.717) is 5.92 Å². The summed E-state index contributed by atoms with van der Waals surface area (Å²) in [5.74, 6) is 0.430. The second-order valence-electron chi connectivity index (χ2n) is 12.4. The summed E-state index contributed by atoms with van der Waals surface area (Å²) in [4.78, 5) is 0. The number of fused-ring (bicyclic) bond motifs is 1. The van der Waals surface area contributed by atoms with E-state index in [2.05, 4.69) is 172 Å². The van der Waals surface area contributed by atoms with Crippen LogP contribution in [0.15, 0.2) is 182 Å². The molecule has 6 rings (SSSR count). The highest BCUT2D eigenvalue weighted by molar-refractivity contribution is 5.92. The maximum absolute atomic E-state index is 6.08. The number of aryl methyl sites for hydroxylation is 1. The van der Waals surface area contributed by atoms with Gasteiger partial charge in [-0.25, -0.2) is 0 Å². The molecule has 1 unspecified atom stereocenters. The van der Waals surface area contributed by atoms with Gasteiger partial charge in [-0.3, -0.25) is 0 Å². The molecule has 51 heavy (non-hydrogen) atoms. The molecule has 1 aliphatic rings. The lowest BCUT2D eigenvalue weighted by atomic mass is 9.91. The maximum Gasteiger partial charge on any atom is 0.0400 e. The van der Waals surface area contributed by atoms with Gasteiger partial charge in [0.1, 0.15) is 0 Å². The first-order chi connectivity index (χ1) is 25.0. The van der Waals surface area contributed by atoms with Crippen molar-refractivity contribution in [3.05, 3.63) is 204 Å². The quantitative estimate of drug-likeness (QED) is 0.113. The Morgan fingerprint density at radius 1 is 0.706 bits per heavy atom. The van der Waals surface area contributed by atoms with Gasteiger partial charge in [-0.05, 0) is 114 Å². The normalized spacial score (nSPS) is 13.6. The zero-order valence-corrected chi connectivity index (χ0v) is 30.9. The van der Waals surface area contributed by atoms with Crippen LogP contribution in [0.1, 0.15) is 62.3 Å². The molecule has 0 amide bonds. The van der Waals surface area contributed by atoms with E-state index in [1.54, 1.807) is 6.92 Å². The van der Waals surface area contributed by atoms with Crippen molar-refractivity contribution in [3.63, 3.8) is 0 Å². The van der Waals surface area contributed by atoms with Crippen molar-refractivity contribution in [2.24, 2.45) is 0 Å². The van der Waals surface area contributed by atoms with Gasteiger partial charge in [0.15, 0.2) is 0 Å². The molecule has 0 aliphatic heterocycles. The van der Waals surface area contributed by atoms with Crippen molar-refractivity contribution in [1.82, 2.24) is 0 Å². The largest absolute Gasteiger partial charge is 0.381 e. The first-order valence-electron chi connectivity index (χ1n) is 17.9. The number of rotatable bonds is 10. The average molecular weight is 669 g/mol. The molecular weight excluding hydrogens is 617 g/mol. The van der Waals surface area contributed by atoms with E-state index >= 15 is 0 Å². The van der Waals surface area contributed by atoms with Crippen LogP contribution in [0, 0.1) is 12.3 Å². The lowest BCUT2D eigenvalue weighted by Crippen LogP contribution is -2.03. The summed E-state index contributed by atoms with van der Waals surface area (Å²) < 4.78 is 0. The first-order valence-corrected chi connectivity index (χ1v) is 17.9. The van der Waals surface area contributed by atoms with Crippen LogP contribution in [0.2, 0.25) is 0 Å². The molecule has 0 bridgehead atoms. The number of nitrogens with one attached hydrogen (secondary N) is 2. The van der Waals surface area contributed by atoms with Crippen LogP contribution in [0.4, 0.5) is 5.69 Å². The Morgan fingerprint density at radius 3 is 1.90 bits per heavy atom. The minimum Gasteiger partial charge on any atom is -0.381 e. The summed E-state index contributed by atoms with van der Waals surface area (Å²) in [6.45, 7) is 14.9. The number of anilines is 1. The number of hydrogen-bond acceptors (Lipinski definition) is 2. The molecule has 1 atom stereocenters. The highest BCUT2D eigenvalue weighted by Crippen LogP contribution is 2.48. The average Bonchev–Trinajstić information content (AvgIpc) is 3.49. The molecule has 0 spiro atoms. The SMILES string of the molecule is C=C/C(=C\C=C/C)CNc1cccc(-c2ccc3c(c2)C(c2ccccc2)=C(/C=C\C)C3CC)c1.CC=N.Cc1ccc(-c2ccccc2)cc1. The lowest BCUT2D eigenvalue weighted by Gasteiger charge is -2.13. The van der Waals surface area contributed by atoms with Gasteiger partial charge in [0.2, 0.25) is 0 Å². The predicted octanol–water partition coefficient (Wildman–Crippen LogP) is 13.7. The maximum atomic E-state index is 6.08. The number of hydrogen-bond donors (Lipinski definition) is 2. The van der Waals surface area contributed by atoms with Crippen LogP contribution in [0.3, 0.4) is 0 Å². The molecular formula is C49H52N2. The predicted molar refractivity (Wildman–Crippen MR) is 225 cm³/mol.